The molecule has 3 unspecified atom stereocenters. The lowest BCUT2D eigenvalue weighted by molar-refractivity contribution is 0.00563. The van der Waals surface area contributed by atoms with Crippen LogP contribution in [0.1, 0.15) is 49.4 Å². The Bertz CT molecular complexity index is 634. The van der Waals surface area contributed by atoms with Gasteiger partial charge in [0.15, 0.2) is 0 Å². The molecule has 1 aromatic rings. The van der Waals surface area contributed by atoms with Crippen LogP contribution < -0.4 is 0 Å². The number of ether oxygens (including phenoxy) is 1. The summed E-state index contributed by atoms with van der Waals surface area (Å²) in [6.45, 7) is 5.77. The van der Waals surface area contributed by atoms with Gasteiger partial charge < -0.3 is 9.15 Å². The molecule has 2 rings (SSSR count). The van der Waals surface area contributed by atoms with Crippen LogP contribution in [0.15, 0.2) is 15.4 Å². The molecule has 1 fully saturated rings. The summed E-state index contributed by atoms with van der Waals surface area (Å²) in [5, 5.41) is 0. The van der Waals surface area contributed by atoms with E-state index in [1.54, 1.807) is 0 Å². The van der Waals surface area contributed by atoms with Gasteiger partial charge >= 0.3 is 5.97 Å². The maximum absolute atomic E-state index is 12.0. The number of halogens is 1. The number of hydrogen-bond acceptors (Lipinski definition) is 5. The van der Waals surface area contributed by atoms with E-state index in [0.29, 0.717) is 11.8 Å². The number of esters is 1. The molecule has 0 saturated heterocycles. The predicted molar refractivity (Wildman–Crippen MR) is 77.9 cm³/mol. The van der Waals surface area contributed by atoms with Gasteiger partial charge in [0.05, 0.1) is 0 Å². The number of hydrogen-bond donors (Lipinski definition) is 0. The zero-order valence-corrected chi connectivity index (χ0v) is 13.8. The first-order valence-corrected chi connectivity index (χ1v) is 9.25. The standard InChI is InChI=1S/C14H19ClO5S/c1-8-4-5-11(6-9(8)2)20-14(16)12-7-13(10(3)19-12)21(15,17)18/h7-9,11H,4-6H2,1-3H3. The molecule has 118 valence electrons. The first-order valence-electron chi connectivity index (χ1n) is 6.94. The van der Waals surface area contributed by atoms with E-state index in [9.17, 15) is 13.2 Å². The topological polar surface area (TPSA) is 73.6 Å². The summed E-state index contributed by atoms with van der Waals surface area (Å²) < 4.78 is 33.2. The van der Waals surface area contributed by atoms with Crippen LogP contribution in [0.3, 0.4) is 0 Å². The van der Waals surface area contributed by atoms with Crippen LogP contribution in [0, 0.1) is 18.8 Å². The zero-order chi connectivity index (χ0) is 15.8. The Labute approximate surface area is 129 Å². The van der Waals surface area contributed by atoms with Crippen molar-refractivity contribution in [3.05, 3.63) is 17.6 Å². The summed E-state index contributed by atoms with van der Waals surface area (Å²) in [7, 11) is 1.34. The van der Waals surface area contributed by atoms with Gasteiger partial charge in [0.25, 0.3) is 9.05 Å². The van der Waals surface area contributed by atoms with Gasteiger partial charge in [0.2, 0.25) is 5.76 Å². The molecule has 5 nitrogen and oxygen atoms in total. The van der Waals surface area contributed by atoms with Gasteiger partial charge in [-0.15, -0.1) is 0 Å². The van der Waals surface area contributed by atoms with Crippen molar-refractivity contribution in [2.75, 3.05) is 0 Å². The Balaban J connectivity index is 2.08. The van der Waals surface area contributed by atoms with Crippen molar-refractivity contribution < 1.29 is 22.4 Å². The molecule has 1 aromatic heterocycles. The van der Waals surface area contributed by atoms with Crippen molar-refractivity contribution in [3.63, 3.8) is 0 Å². The lowest BCUT2D eigenvalue weighted by atomic mass is 9.80. The minimum atomic E-state index is -3.92. The first kappa shape index (κ1) is 16.4. The van der Waals surface area contributed by atoms with E-state index in [1.807, 2.05) is 0 Å². The van der Waals surface area contributed by atoms with Crippen molar-refractivity contribution in [3.8, 4) is 0 Å². The van der Waals surface area contributed by atoms with Gasteiger partial charge in [-0.25, -0.2) is 13.2 Å². The van der Waals surface area contributed by atoms with Gasteiger partial charge in [-0.3, -0.25) is 0 Å². The molecule has 0 aliphatic heterocycles. The van der Waals surface area contributed by atoms with Crippen molar-refractivity contribution in [1.82, 2.24) is 0 Å². The monoisotopic (exact) mass is 334 g/mol. The molecule has 0 amide bonds. The summed E-state index contributed by atoms with van der Waals surface area (Å²) in [6, 6.07) is 1.12. The van der Waals surface area contributed by atoms with Crippen LogP contribution >= 0.6 is 10.7 Å². The van der Waals surface area contributed by atoms with Gasteiger partial charge in [-0.1, -0.05) is 13.8 Å². The van der Waals surface area contributed by atoms with Gasteiger partial charge in [0.1, 0.15) is 16.8 Å². The van der Waals surface area contributed by atoms with Gasteiger partial charge in [-0.05, 0) is 38.0 Å². The Hall–Kier alpha value is -1.01. The molecular weight excluding hydrogens is 316 g/mol. The average molecular weight is 335 g/mol. The molecule has 0 spiro atoms. The van der Waals surface area contributed by atoms with Crippen LogP contribution in [0.2, 0.25) is 0 Å². The largest absolute Gasteiger partial charge is 0.457 e. The van der Waals surface area contributed by atoms with E-state index >= 15 is 0 Å². The average Bonchev–Trinajstić information content (AvgIpc) is 2.76. The number of carbonyl (C=O) groups is 1. The Kier molecular flexibility index (Phi) is 4.68. The summed E-state index contributed by atoms with van der Waals surface area (Å²) in [5.74, 6) is 0.435. The molecule has 1 aliphatic carbocycles. The van der Waals surface area contributed by atoms with Gasteiger partial charge in [0, 0.05) is 16.7 Å². The van der Waals surface area contributed by atoms with Gasteiger partial charge in [-0.2, -0.15) is 0 Å². The molecule has 1 saturated carbocycles. The molecule has 7 heteroatoms. The van der Waals surface area contributed by atoms with E-state index in [0.717, 1.165) is 25.3 Å². The van der Waals surface area contributed by atoms with Crippen LogP contribution in [0.4, 0.5) is 0 Å². The second kappa shape index (κ2) is 6.01. The smallest absolute Gasteiger partial charge is 0.374 e. The lowest BCUT2D eigenvalue weighted by Crippen LogP contribution is -2.28. The molecule has 0 N–H and O–H groups in total. The van der Waals surface area contributed by atoms with Crippen molar-refractivity contribution in [2.24, 2.45) is 11.8 Å². The van der Waals surface area contributed by atoms with Crippen molar-refractivity contribution >= 4 is 25.7 Å². The number of furan rings is 1. The molecular formula is C14H19ClO5S. The molecule has 1 heterocycles. The van der Waals surface area contributed by atoms with Crippen LogP contribution in [0.5, 0.6) is 0 Å². The molecule has 0 radical (unpaired) electrons. The molecule has 3 atom stereocenters. The molecule has 0 bridgehead atoms. The van der Waals surface area contributed by atoms with E-state index in [4.69, 9.17) is 19.8 Å². The predicted octanol–water partition coefficient (Wildman–Crippen LogP) is 3.50. The maximum atomic E-state index is 12.0. The molecule has 0 aromatic carbocycles. The minimum Gasteiger partial charge on any atom is -0.457 e. The first-order chi connectivity index (χ1) is 9.68. The number of carbonyl (C=O) groups excluding carboxylic acids is 1. The van der Waals surface area contributed by atoms with Crippen LogP contribution in [0.25, 0.3) is 0 Å². The second-order valence-electron chi connectivity index (χ2n) is 5.76. The number of rotatable bonds is 3. The Morgan fingerprint density at radius 3 is 2.52 bits per heavy atom. The highest BCUT2D eigenvalue weighted by molar-refractivity contribution is 8.13. The summed E-state index contributed by atoms with van der Waals surface area (Å²) in [6.07, 6.45) is 2.49. The Morgan fingerprint density at radius 2 is 2.00 bits per heavy atom. The summed E-state index contributed by atoms with van der Waals surface area (Å²) in [4.78, 5) is 11.8. The van der Waals surface area contributed by atoms with Crippen molar-refractivity contribution in [2.45, 2.75) is 51.0 Å². The van der Waals surface area contributed by atoms with E-state index in [2.05, 4.69) is 13.8 Å². The molecule has 1 aliphatic rings. The van der Waals surface area contributed by atoms with Crippen molar-refractivity contribution in [1.29, 1.82) is 0 Å². The quantitative estimate of drug-likeness (QED) is 0.624. The van der Waals surface area contributed by atoms with Crippen LogP contribution in [-0.2, 0) is 13.8 Å². The second-order valence-corrected chi connectivity index (χ2v) is 8.30. The zero-order valence-electron chi connectivity index (χ0n) is 12.3. The minimum absolute atomic E-state index is 0.0857. The molecule has 21 heavy (non-hydrogen) atoms. The fraction of sp³-hybridized carbons (Fsp3) is 0.643. The third-order valence-electron chi connectivity index (χ3n) is 4.16. The highest BCUT2D eigenvalue weighted by atomic mass is 35.7. The lowest BCUT2D eigenvalue weighted by Gasteiger charge is -2.31. The highest BCUT2D eigenvalue weighted by Crippen LogP contribution is 2.32. The summed E-state index contributed by atoms with van der Waals surface area (Å²) in [5.41, 5.74) is 0. The summed E-state index contributed by atoms with van der Waals surface area (Å²) >= 11 is 0. The maximum Gasteiger partial charge on any atom is 0.374 e. The van der Waals surface area contributed by atoms with E-state index in [1.165, 1.54) is 6.92 Å². The SMILES string of the molecule is Cc1oc(C(=O)OC2CCC(C)C(C)C2)cc1S(=O)(=O)Cl. The normalized spacial score (nSPS) is 26.6. The third-order valence-corrected chi connectivity index (χ3v) is 5.59. The highest BCUT2D eigenvalue weighted by Gasteiger charge is 2.29. The van der Waals surface area contributed by atoms with E-state index < -0.39 is 15.0 Å². The van der Waals surface area contributed by atoms with Crippen LogP contribution in [-0.4, -0.2) is 20.5 Å². The fourth-order valence-corrected chi connectivity index (χ4v) is 3.72. The number of aryl methyl sites for hydroxylation is 1. The Morgan fingerprint density at radius 1 is 1.33 bits per heavy atom. The fourth-order valence-electron chi connectivity index (χ4n) is 2.62. The third kappa shape index (κ3) is 3.80. The van der Waals surface area contributed by atoms with E-state index in [-0.39, 0.29) is 22.5 Å².